The van der Waals surface area contributed by atoms with Crippen molar-refractivity contribution in [3.8, 4) is 0 Å². The third-order valence-corrected chi connectivity index (χ3v) is 5.25. The molecule has 94 valence electrons. The van der Waals surface area contributed by atoms with Crippen molar-refractivity contribution in [2.24, 2.45) is 0 Å². The predicted molar refractivity (Wildman–Crippen MR) is 82.5 cm³/mol. The second kappa shape index (κ2) is 5.44. The molecule has 1 fully saturated rings. The predicted octanol–water partition coefficient (Wildman–Crippen LogP) is 5.65. The molecule has 2 unspecified atom stereocenters. The van der Waals surface area contributed by atoms with Gasteiger partial charge in [0.1, 0.15) is 0 Å². The Morgan fingerprint density at radius 1 is 0.833 bits per heavy atom. The van der Waals surface area contributed by atoms with Gasteiger partial charge in [0.05, 0.1) is 0 Å². The Morgan fingerprint density at radius 2 is 1.61 bits per heavy atom. The Bertz CT molecular complexity index is 527. The van der Waals surface area contributed by atoms with Crippen molar-refractivity contribution in [2.75, 3.05) is 0 Å². The van der Waals surface area contributed by atoms with Gasteiger partial charge in [0.15, 0.2) is 0 Å². The Morgan fingerprint density at radius 3 is 2.56 bits per heavy atom. The molecule has 2 atom stereocenters. The van der Waals surface area contributed by atoms with Crippen LogP contribution in [0, 0.1) is 0 Å². The number of halogens is 1. The number of hydrogen-bond acceptors (Lipinski definition) is 0. The van der Waals surface area contributed by atoms with E-state index in [1.807, 2.05) is 0 Å². The minimum Gasteiger partial charge on any atom is -0.0884 e. The van der Waals surface area contributed by atoms with Crippen molar-refractivity contribution in [1.29, 1.82) is 0 Å². The number of benzene rings is 2. The molecule has 3 rings (SSSR count). The summed E-state index contributed by atoms with van der Waals surface area (Å²) in [6.45, 7) is 0. The molecule has 2 aromatic carbocycles. The zero-order valence-corrected chi connectivity index (χ0v) is 12.2. The van der Waals surface area contributed by atoms with E-state index in [1.54, 1.807) is 0 Å². The smallest absolute Gasteiger partial charge is 0.0214 e. The molecule has 1 aliphatic carbocycles. The molecule has 0 heterocycles. The van der Waals surface area contributed by atoms with Crippen LogP contribution in [0.3, 0.4) is 0 Å². The third-order valence-electron chi connectivity index (χ3n) is 4.15. The van der Waals surface area contributed by atoms with Gasteiger partial charge in [-0.3, -0.25) is 0 Å². The van der Waals surface area contributed by atoms with Crippen molar-refractivity contribution in [2.45, 2.75) is 42.8 Å². The number of rotatable bonds is 1. The van der Waals surface area contributed by atoms with Crippen LogP contribution in [-0.2, 0) is 0 Å². The largest absolute Gasteiger partial charge is 0.0884 e. The average Bonchev–Trinajstić information content (AvgIpc) is 2.63. The maximum Gasteiger partial charge on any atom is 0.0214 e. The highest BCUT2D eigenvalue weighted by atomic mass is 79.9. The summed E-state index contributed by atoms with van der Waals surface area (Å²) in [4.78, 5) is 0.644. The molecule has 0 bridgehead atoms. The minimum absolute atomic E-state index is 0.644. The van der Waals surface area contributed by atoms with Crippen LogP contribution >= 0.6 is 15.9 Å². The van der Waals surface area contributed by atoms with Crippen LogP contribution in [0.4, 0.5) is 0 Å². The second-order valence-corrected chi connectivity index (χ2v) is 6.51. The molecule has 0 spiro atoms. The highest BCUT2D eigenvalue weighted by molar-refractivity contribution is 9.09. The lowest BCUT2D eigenvalue weighted by molar-refractivity contribution is 0.616. The summed E-state index contributed by atoms with van der Waals surface area (Å²) < 4.78 is 0. The van der Waals surface area contributed by atoms with Crippen LogP contribution < -0.4 is 0 Å². The van der Waals surface area contributed by atoms with Gasteiger partial charge in [-0.25, -0.2) is 0 Å². The monoisotopic (exact) mass is 302 g/mol. The normalized spacial score (nSPS) is 24.9. The van der Waals surface area contributed by atoms with Crippen molar-refractivity contribution in [3.05, 3.63) is 48.0 Å². The molecular weight excluding hydrogens is 284 g/mol. The van der Waals surface area contributed by atoms with Gasteiger partial charge < -0.3 is 0 Å². The summed E-state index contributed by atoms with van der Waals surface area (Å²) in [5.74, 6) is 0.679. The van der Waals surface area contributed by atoms with Crippen LogP contribution in [0.25, 0.3) is 10.8 Å². The zero-order chi connectivity index (χ0) is 12.4. The van der Waals surface area contributed by atoms with Gasteiger partial charge in [0.2, 0.25) is 0 Å². The average molecular weight is 303 g/mol. The summed E-state index contributed by atoms with van der Waals surface area (Å²) in [6.07, 6.45) is 6.77. The van der Waals surface area contributed by atoms with E-state index in [0.29, 0.717) is 10.7 Å². The lowest BCUT2D eigenvalue weighted by Crippen LogP contribution is -2.11. The van der Waals surface area contributed by atoms with Crippen molar-refractivity contribution in [3.63, 3.8) is 0 Å². The molecule has 1 saturated carbocycles. The molecule has 0 aliphatic heterocycles. The highest BCUT2D eigenvalue weighted by Gasteiger charge is 2.24. The van der Waals surface area contributed by atoms with Crippen LogP contribution in [0.2, 0.25) is 0 Å². The van der Waals surface area contributed by atoms with Gasteiger partial charge in [-0.2, -0.15) is 0 Å². The Labute approximate surface area is 118 Å². The van der Waals surface area contributed by atoms with Gasteiger partial charge in [-0.05, 0) is 35.1 Å². The Balaban J connectivity index is 2.07. The van der Waals surface area contributed by atoms with Crippen LogP contribution in [-0.4, -0.2) is 4.83 Å². The minimum atomic E-state index is 0.644. The molecule has 18 heavy (non-hydrogen) atoms. The first-order chi connectivity index (χ1) is 8.86. The molecule has 1 aliphatic rings. The van der Waals surface area contributed by atoms with Crippen LogP contribution in [0.15, 0.2) is 42.5 Å². The van der Waals surface area contributed by atoms with Crippen molar-refractivity contribution < 1.29 is 0 Å². The first-order valence-corrected chi connectivity index (χ1v) is 7.89. The summed E-state index contributed by atoms with van der Waals surface area (Å²) in [5.41, 5.74) is 1.54. The number of fused-ring (bicyclic) bond motifs is 1. The molecule has 0 nitrogen and oxygen atoms in total. The van der Waals surface area contributed by atoms with E-state index < -0.39 is 0 Å². The fourth-order valence-corrected chi connectivity index (χ4v) is 4.06. The Kier molecular flexibility index (Phi) is 3.69. The summed E-state index contributed by atoms with van der Waals surface area (Å²) in [6, 6.07) is 15.5. The van der Waals surface area contributed by atoms with Gasteiger partial charge >= 0.3 is 0 Å². The summed E-state index contributed by atoms with van der Waals surface area (Å²) in [5, 5.41) is 2.82. The van der Waals surface area contributed by atoms with Gasteiger partial charge in [-0.15, -0.1) is 0 Å². The van der Waals surface area contributed by atoms with E-state index in [4.69, 9.17) is 0 Å². The van der Waals surface area contributed by atoms with Gasteiger partial charge in [0.25, 0.3) is 0 Å². The van der Waals surface area contributed by atoms with E-state index in [1.165, 1.54) is 48.4 Å². The lowest BCUT2D eigenvalue weighted by atomic mass is 9.88. The van der Waals surface area contributed by atoms with Gasteiger partial charge in [-0.1, -0.05) is 77.7 Å². The molecule has 0 aromatic heterocycles. The number of alkyl halides is 1. The van der Waals surface area contributed by atoms with Crippen LogP contribution in [0.1, 0.15) is 43.6 Å². The number of hydrogen-bond donors (Lipinski definition) is 0. The van der Waals surface area contributed by atoms with Crippen LogP contribution in [0.5, 0.6) is 0 Å². The zero-order valence-electron chi connectivity index (χ0n) is 10.6. The van der Waals surface area contributed by atoms with Crippen molar-refractivity contribution >= 4 is 26.7 Å². The molecule has 0 amide bonds. The summed E-state index contributed by atoms with van der Waals surface area (Å²) in [7, 11) is 0. The first-order valence-electron chi connectivity index (χ1n) is 6.98. The quantitative estimate of drug-likeness (QED) is 0.471. The fraction of sp³-hybridized carbons (Fsp3) is 0.412. The second-order valence-electron chi connectivity index (χ2n) is 5.33. The first kappa shape index (κ1) is 12.2. The summed E-state index contributed by atoms with van der Waals surface area (Å²) >= 11 is 3.93. The molecule has 2 aromatic rings. The van der Waals surface area contributed by atoms with E-state index in [9.17, 15) is 0 Å². The van der Waals surface area contributed by atoms with E-state index in [0.717, 1.165) is 0 Å². The van der Waals surface area contributed by atoms with E-state index in [-0.39, 0.29) is 0 Å². The Hall–Kier alpha value is -0.820. The molecular formula is C17H19Br. The third kappa shape index (κ3) is 2.33. The van der Waals surface area contributed by atoms with Gasteiger partial charge in [0, 0.05) is 4.83 Å². The van der Waals surface area contributed by atoms with Crippen molar-refractivity contribution in [1.82, 2.24) is 0 Å². The SMILES string of the molecule is BrC1CCCCCC1c1cccc2ccccc12. The lowest BCUT2D eigenvalue weighted by Gasteiger charge is -2.22. The maximum absolute atomic E-state index is 3.93. The fourth-order valence-electron chi connectivity index (χ4n) is 3.19. The molecule has 1 heteroatoms. The highest BCUT2D eigenvalue weighted by Crippen LogP contribution is 2.39. The molecule has 0 radical (unpaired) electrons. The standard InChI is InChI=1S/C17H19Br/c18-17-12-3-1-2-10-16(17)15-11-6-8-13-7-4-5-9-14(13)15/h4-9,11,16-17H,1-3,10,12H2. The van der Waals surface area contributed by atoms with E-state index in [2.05, 4.69) is 58.4 Å². The molecule has 0 N–H and O–H groups in total. The maximum atomic E-state index is 3.93. The topological polar surface area (TPSA) is 0 Å². The van der Waals surface area contributed by atoms with E-state index >= 15 is 0 Å². The molecule has 0 saturated heterocycles.